The number of fused-ring (bicyclic) bond motifs is 4. The molecule has 3 heterocycles. The highest BCUT2D eigenvalue weighted by Gasteiger charge is 2.49. The van der Waals surface area contributed by atoms with Crippen LogP contribution in [0, 0.1) is 23.7 Å². The van der Waals surface area contributed by atoms with E-state index in [1.54, 1.807) is 13.8 Å². The lowest BCUT2D eigenvalue weighted by molar-refractivity contribution is -0.320. The van der Waals surface area contributed by atoms with Crippen LogP contribution in [0.5, 0.6) is 0 Å². The van der Waals surface area contributed by atoms with E-state index in [1.807, 2.05) is 0 Å². The van der Waals surface area contributed by atoms with Crippen LogP contribution in [-0.2, 0) is 38.0 Å². The van der Waals surface area contributed by atoms with E-state index in [1.165, 1.54) is 77.0 Å². The molecule has 0 unspecified atom stereocenters. The van der Waals surface area contributed by atoms with Crippen molar-refractivity contribution in [2.45, 2.75) is 269 Å². The van der Waals surface area contributed by atoms with Crippen molar-refractivity contribution >= 4 is 11.9 Å². The Kier molecular flexibility index (Phi) is 28.0. The van der Waals surface area contributed by atoms with Gasteiger partial charge in [-0.2, -0.15) is 0 Å². The molecule has 3 saturated heterocycles. The second-order valence-electron chi connectivity index (χ2n) is 20.2. The Balaban J connectivity index is 1.65. The van der Waals surface area contributed by atoms with Crippen LogP contribution in [0.2, 0.25) is 0 Å². The molecule has 0 amide bonds. The largest absolute Gasteiger partial charge is 0.463 e. The molecule has 14 heteroatoms. The van der Waals surface area contributed by atoms with E-state index in [0.717, 1.165) is 63.2 Å². The first-order chi connectivity index (χ1) is 30.6. The molecule has 64 heavy (non-hydrogen) atoms. The summed E-state index contributed by atoms with van der Waals surface area (Å²) in [6.45, 7) is 11.3. The van der Waals surface area contributed by atoms with Gasteiger partial charge in [0.15, 0.2) is 12.6 Å². The fraction of sp³-hybridized carbons (Fsp3) is 0.960. The lowest BCUT2D eigenvalue weighted by Gasteiger charge is -2.43. The maximum absolute atomic E-state index is 13.6. The summed E-state index contributed by atoms with van der Waals surface area (Å²) in [5.41, 5.74) is 0. The number of carbonyl (C=O) groups is 2. The average molecular weight is 917 g/mol. The molecule has 0 saturated carbocycles. The van der Waals surface area contributed by atoms with Gasteiger partial charge >= 0.3 is 11.9 Å². The number of cyclic esters (lactones) is 2. The van der Waals surface area contributed by atoms with Gasteiger partial charge in [-0.25, -0.2) is 0 Å². The third-order valence-corrected chi connectivity index (χ3v) is 13.6. The third-order valence-electron chi connectivity index (χ3n) is 13.6. The molecule has 14 atom stereocenters. The molecule has 3 aliphatic heterocycles. The smallest absolute Gasteiger partial charge is 0.311 e. The van der Waals surface area contributed by atoms with Crippen LogP contribution >= 0.6 is 0 Å². The van der Waals surface area contributed by atoms with Gasteiger partial charge in [-0.1, -0.05) is 169 Å². The number of ether oxygens (including phenoxy) is 6. The third kappa shape index (κ3) is 20.4. The minimum absolute atomic E-state index is 0.387. The monoisotopic (exact) mass is 917 g/mol. The zero-order valence-corrected chi connectivity index (χ0v) is 40.6. The molecule has 4 bridgehead atoms. The van der Waals surface area contributed by atoms with E-state index in [-0.39, 0.29) is 0 Å². The van der Waals surface area contributed by atoms with Gasteiger partial charge in [0.05, 0.1) is 24.0 Å². The number of rotatable bonds is 26. The summed E-state index contributed by atoms with van der Waals surface area (Å²) >= 11 is 0. The van der Waals surface area contributed by atoms with Gasteiger partial charge in [-0.05, 0) is 38.5 Å². The van der Waals surface area contributed by atoms with Gasteiger partial charge in [0.1, 0.15) is 62.0 Å². The zero-order chi connectivity index (χ0) is 47.0. The van der Waals surface area contributed by atoms with E-state index in [9.17, 15) is 40.2 Å². The topological polar surface area (TPSA) is 211 Å². The first-order valence-corrected chi connectivity index (χ1v) is 25.7. The molecule has 3 aliphatic rings. The van der Waals surface area contributed by atoms with E-state index in [2.05, 4.69) is 27.7 Å². The summed E-state index contributed by atoms with van der Waals surface area (Å²) in [7, 11) is 0. The summed E-state index contributed by atoms with van der Waals surface area (Å²) in [5, 5.41) is 65.6. The fourth-order valence-electron chi connectivity index (χ4n) is 9.07. The van der Waals surface area contributed by atoms with Crippen LogP contribution in [0.1, 0.15) is 196 Å². The Hall–Kier alpha value is -1.46. The van der Waals surface area contributed by atoms with E-state index >= 15 is 0 Å². The molecule has 3 rings (SSSR count). The van der Waals surface area contributed by atoms with E-state index in [4.69, 9.17) is 28.4 Å². The Morgan fingerprint density at radius 3 is 0.984 bits per heavy atom. The van der Waals surface area contributed by atoms with E-state index < -0.39 is 111 Å². The zero-order valence-electron chi connectivity index (χ0n) is 40.6. The lowest BCUT2D eigenvalue weighted by Crippen LogP contribution is -2.61. The predicted octanol–water partition coefficient (Wildman–Crippen LogP) is 7.42. The number of aliphatic hydroxyl groups is 6. The summed E-state index contributed by atoms with van der Waals surface area (Å²) < 4.78 is 35.7. The highest BCUT2D eigenvalue weighted by atomic mass is 16.7. The fourth-order valence-corrected chi connectivity index (χ4v) is 9.07. The minimum Gasteiger partial charge on any atom is -0.463 e. The predicted molar refractivity (Wildman–Crippen MR) is 244 cm³/mol. The van der Waals surface area contributed by atoms with Crippen molar-refractivity contribution in [3.05, 3.63) is 0 Å². The van der Waals surface area contributed by atoms with Crippen molar-refractivity contribution < 1.29 is 68.6 Å². The number of esters is 2. The number of hydrogen-bond donors (Lipinski definition) is 6. The number of hydrogen-bond acceptors (Lipinski definition) is 14. The second-order valence-corrected chi connectivity index (χ2v) is 20.2. The first-order valence-electron chi connectivity index (χ1n) is 25.7. The maximum Gasteiger partial charge on any atom is 0.311 e. The maximum atomic E-state index is 13.6. The molecule has 6 N–H and O–H groups in total. The van der Waals surface area contributed by atoms with Crippen molar-refractivity contribution in [2.75, 3.05) is 13.2 Å². The highest BCUT2D eigenvalue weighted by molar-refractivity contribution is 5.73. The Bertz CT molecular complexity index is 1140. The lowest BCUT2D eigenvalue weighted by atomic mass is 9.95. The van der Waals surface area contributed by atoms with Gasteiger partial charge in [0.25, 0.3) is 0 Å². The Labute approximate surface area is 385 Å². The van der Waals surface area contributed by atoms with Crippen molar-refractivity contribution in [1.29, 1.82) is 0 Å². The molecule has 0 radical (unpaired) electrons. The van der Waals surface area contributed by atoms with Crippen molar-refractivity contribution in [2.24, 2.45) is 23.7 Å². The van der Waals surface area contributed by atoms with Crippen LogP contribution in [0.15, 0.2) is 0 Å². The van der Waals surface area contributed by atoms with Crippen molar-refractivity contribution in [1.82, 2.24) is 0 Å². The normalized spacial score (nSPS) is 33.5. The summed E-state index contributed by atoms with van der Waals surface area (Å²) in [5.74, 6) is -1.72. The highest BCUT2D eigenvalue weighted by Crippen LogP contribution is 2.31. The molecule has 0 spiro atoms. The summed E-state index contributed by atoms with van der Waals surface area (Å²) in [6.07, 6.45) is 8.48. The SMILES string of the molecule is CC(C)CCCCCCCCCCCC[C@H]1O[C@@H]2O[C@H](COC(=O)[C@@H](C)[C@@H](CCCCCCCCCCCCC(C)C)O[C@@H]3O[C@H](COC(=O)[C@H]1C)[C@@H](O)[C@H](O)[C@H]3O)[C@@H](O)[C@H](O)[C@H]2O. The van der Waals surface area contributed by atoms with Gasteiger partial charge in [0.2, 0.25) is 0 Å². The molecule has 0 aromatic heterocycles. The standard InChI is InChI=1S/C50H92O14/c1-33(2)27-23-19-15-11-7-9-13-17-21-25-29-37-35(5)47(57)59-31-40-42(52)44(54)46(56)50(64-40)62-38(30-26-22-18-14-10-8-12-16-20-24-28-34(3)4)36(6)48(58)60-32-39-41(51)43(53)45(55)49(61-37)63-39/h33-46,49-56H,7-32H2,1-6H3/t35-,36-,37+,38+,39+,40+,41+,42+,43-,44-,45+,46+,49+,50+/m0/s1. The Morgan fingerprint density at radius 1 is 0.406 bits per heavy atom. The molecule has 0 aliphatic carbocycles. The van der Waals surface area contributed by atoms with Gasteiger partial charge in [-0.15, -0.1) is 0 Å². The number of aliphatic hydroxyl groups excluding tert-OH is 6. The van der Waals surface area contributed by atoms with Gasteiger partial charge < -0.3 is 59.1 Å². The number of unbranched alkanes of at least 4 members (excludes halogenated alkanes) is 18. The minimum atomic E-state index is -1.69. The molecule has 3 fully saturated rings. The molecule has 0 aromatic carbocycles. The number of carbonyl (C=O) groups excluding carboxylic acids is 2. The second kappa shape index (κ2) is 31.6. The van der Waals surface area contributed by atoms with E-state index in [0.29, 0.717) is 25.7 Å². The van der Waals surface area contributed by atoms with Crippen molar-refractivity contribution in [3.63, 3.8) is 0 Å². The van der Waals surface area contributed by atoms with Crippen LogP contribution < -0.4 is 0 Å². The molecule has 14 nitrogen and oxygen atoms in total. The molecular weight excluding hydrogens is 825 g/mol. The van der Waals surface area contributed by atoms with Crippen LogP contribution in [-0.4, -0.2) is 129 Å². The van der Waals surface area contributed by atoms with Gasteiger partial charge in [-0.3, -0.25) is 9.59 Å². The molecule has 376 valence electrons. The average Bonchev–Trinajstić information content (AvgIpc) is 3.26. The van der Waals surface area contributed by atoms with Gasteiger partial charge in [0, 0.05) is 0 Å². The Morgan fingerprint density at radius 2 is 0.688 bits per heavy atom. The van der Waals surface area contributed by atoms with Crippen LogP contribution in [0.3, 0.4) is 0 Å². The van der Waals surface area contributed by atoms with Crippen molar-refractivity contribution in [3.8, 4) is 0 Å². The summed E-state index contributed by atoms with van der Waals surface area (Å²) in [6, 6.07) is 0. The molecular formula is C50H92O14. The molecule has 0 aromatic rings. The van der Waals surface area contributed by atoms with Crippen LogP contribution in [0.4, 0.5) is 0 Å². The van der Waals surface area contributed by atoms with Crippen LogP contribution in [0.25, 0.3) is 0 Å². The summed E-state index contributed by atoms with van der Waals surface area (Å²) in [4.78, 5) is 27.3. The quantitative estimate of drug-likeness (QED) is 0.0369. The first kappa shape index (κ1) is 56.9.